The van der Waals surface area contributed by atoms with Crippen molar-refractivity contribution in [2.45, 2.75) is 50.3 Å². The van der Waals surface area contributed by atoms with Gasteiger partial charge in [-0.05, 0) is 25.8 Å². The SMILES string of the molecule is C#C[C@@H](c1ccccc1)N(O)[C@@H](CC=C)[C@@H]1OC(C)(C)O[C@@H]1CO. The maximum absolute atomic E-state index is 10.8. The van der Waals surface area contributed by atoms with Crippen molar-refractivity contribution in [3.8, 4) is 12.3 Å². The van der Waals surface area contributed by atoms with E-state index in [0.717, 1.165) is 10.6 Å². The lowest BCUT2D eigenvalue weighted by Gasteiger charge is -2.34. The van der Waals surface area contributed by atoms with Crippen LogP contribution in [0.2, 0.25) is 0 Å². The van der Waals surface area contributed by atoms with Gasteiger partial charge in [0.05, 0.1) is 12.6 Å². The molecular weight excluding hydrogens is 306 g/mol. The number of hydrogen-bond donors (Lipinski definition) is 2. The van der Waals surface area contributed by atoms with Crippen molar-refractivity contribution < 1.29 is 19.8 Å². The molecule has 0 amide bonds. The molecule has 1 aromatic rings. The molecule has 2 N–H and O–H groups in total. The lowest BCUT2D eigenvalue weighted by Crippen LogP contribution is -2.48. The quantitative estimate of drug-likeness (QED) is 0.457. The highest BCUT2D eigenvalue weighted by molar-refractivity contribution is 5.25. The third kappa shape index (κ3) is 4.04. The summed E-state index contributed by atoms with van der Waals surface area (Å²) in [5, 5.41) is 21.5. The van der Waals surface area contributed by atoms with Crippen LogP contribution in [-0.2, 0) is 9.47 Å². The van der Waals surface area contributed by atoms with Gasteiger partial charge < -0.3 is 19.8 Å². The summed E-state index contributed by atoms with van der Waals surface area (Å²) < 4.78 is 11.6. The second kappa shape index (κ2) is 7.93. The minimum Gasteiger partial charge on any atom is -0.394 e. The fourth-order valence-corrected chi connectivity index (χ4v) is 3.05. The molecule has 24 heavy (non-hydrogen) atoms. The normalized spacial score (nSPS) is 25.2. The van der Waals surface area contributed by atoms with Crippen molar-refractivity contribution in [1.29, 1.82) is 0 Å². The van der Waals surface area contributed by atoms with Crippen LogP contribution >= 0.6 is 0 Å². The first-order valence-electron chi connectivity index (χ1n) is 7.99. The number of terminal acetylenes is 1. The number of nitrogens with zero attached hydrogens (tertiary/aromatic N) is 1. The van der Waals surface area contributed by atoms with Gasteiger partial charge in [0.1, 0.15) is 18.2 Å². The van der Waals surface area contributed by atoms with Gasteiger partial charge >= 0.3 is 0 Å². The van der Waals surface area contributed by atoms with Crippen molar-refractivity contribution in [1.82, 2.24) is 5.06 Å². The highest BCUT2D eigenvalue weighted by Gasteiger charge is 2.47. The van der Waals surface area contributed by atoms with Crippen LogP contribution in [0, 0.1) is 12.3 Å². The van der Waals surface area contributed by atoms with Crippen molar-refractivity contribution in [3.05, 3.63) is 48.6 Å². The average Bonchev–Trinajstić information content (AvgIpc) is 2.88. The number of hydrogen-bond acceptors (Lipinski definition) is 5. The van der Waals surface area contributed by atoms with Gasteiger partial charge in [0, 0.05) is 0 Å². The van der Waals surface area contributed by atoms with Gasteiger partial charge in [0.15, 0.2) is 5.79 Å². The number of rotatable bonds is 7. The van der Waals surface area contributed by atoms with Crippen molar-refractivity contribution in [3.63, 3.8) is 0 Å². The first-order chi connectivity index (χ1) is 11.4. The average molecular weight is 331 g/mol. The second-order valence-corrected chi connectivity index (χ2v) is 6.27. The lowest BCUT2D eigenvalue weighted by molar-refractivity contribution is -0.194. The van der Waals surface area contributed by atoms with E-state index in [1.807, 2.05) is 30.3 Å². The van der Waals surface area contributed by atoms with E-state index in [0.29, 0.717) is 6.42 Å². The zero-order chi connectivity index (χ0) is 17.7. The smallest absolute Gasteiger partial charge is 0.163 e. The van der Waals surface area contributed by atoms with Gasteiger partial charge in [-0.1, -0.05) is 42.3 Å². The number of ether oxygens (including phenoxy) is 2. The first kappa shape index (κ1) is 18.7. The summed E-state index contributed by atoms with van der Waals surface area (Å²) in [6, 6.07) is 8.20. The first-order valence-corrected chi connectivity index (χ1v) is 7.99. The second-order valence-electron chi connectivity index (χ2n) is 6.27. The highest BCUT2D eigenvalue weighted by atomic mass is 16.8. The van der Waals surface area contributed by atoms with Crippen molar-refractivity contribution >= 4 is 0 Å². The third-order valence-electron chi connectivity index (χ3n) is 4.07. The molecule has 5 nitrogen and oxygen atoms in total. The molecule has 0 radical (unpaired) electrons. The lowest BCUT2D eigenvalue weighted by atomic mass is 9.98. The molecule has 0 spiro atoms. The van der Waals surface area contributed by atoms with Crippen LogP contribution < -0.4 is 0 Å². The fourth-order valence-electron chi connectivity index (χ4n) is 3.05. The number of hydroxylamine groups is 2. The maximum atomic E-state index is 10.8. The minimum atomic E-state index is -0.837. The van der Waals surface area contributed by atoms with Crippen LogP contribution in [0.15, 0.2) is 43.0 Å². The van der Waals surface area contributed by atoms with E-state index in [4.69, 9.17) is 15.9 Å². The van der Waals surface area contributed by atoms with E-state index in [2.05, 4.69) is 12.5 Å². The summed E-state index contributed by atoms with van der Waals surface area (Å²) in [5.41, 5.74) is 0.801. The summed E-state index contributed by atoms with van der Waals surface area (Å²) in [5.74, 6) is 1.78. The Bertz CT molecular complexity index is 581. The molecule has 1 heterocycles. The Morgan fingerprint density at radius 1 is 1.38 bits per heavy atom. The van der Waals surface area contributed by atoms with Gasteiger partial charge in [-0.3, -0.25) is 0 Å². The van der Waals surface area contributed by atoms with Crippen LogP contribution in [0.4, 0.5) is 0 Å². The molecule has 0 bridgehead atoms. The molecule has 130 valence electrons. The highest BCUT2D eigenvalue weighted by Crippen LogP contribution is 2.34. The Morgan fingerprint density at radius 3 is 2.58 bits per heavy atom. The fraction of sp³-hybridized carbons (Fsp3) is 0.474. The van der Waals surface area contributed by atoms with Gasteiger partial charge in [-0.15, -0.1) is 13.0 Å². The molecule has 1 aliphatic heterocycles. The van der Waals surface area contributed by atoms with Gasteiger partial charge in [0.2, 0.25) is 0 Å². The predicted octanol–water partition coefficient (Wildman–Crippen LogP) is 2.51. The molecule has 2 rings (SSSR count). The minimum absolute atomic E-state index is 0.207. The summed E-state index contributed by atoms with van der Waals surface area (Å²) in [6.07, 6.45) is 6.70. The molecular formula is C19H25NO4. The van der Waals surface area contributed by atoms with Crippen LogP contribution in [0.1, 0.15) is 31.9 Å². The van der Waals surface area contributed by atoms with Crippen LogP contribution in [-0.4, -0.2) is 46.0 Å². The topological polar surface area (TPSA) is 62.2 Å². The maximum Gasteiger partial charge on any atom is 0.163 e. The number of benzene rings is 1. The van der Waals surface area contributed by atoms with E-state index in [9.17, 15) is 10.3 Å². The standard InChI is InChI=1S/C19H25NO4/c1-5-10-16(18-17(13-21)23-19(3,4)24-18)20(22)15(6-2)14-11-8-7-9-12-14/h2,5,7-9,11-12,15-18,21-22H,1,10,13H2,3-4H3/t15-,16-,17+,18-/m0/s1. The van der Waals surface area contributed by atoms with Crippen LogP contribution in [0.25, 0.3) is 0 Å². The predicted molar refractivity (Wildman–Crippen MR) is 91.2 cm³/mol. The van der Waals surface area contributed by atoms with Gasteiger partial charge in [-0.2, -0.15) is 5.06 Å². The Hall–Kier alpha value is -1.68. The summed E-state index contributed by atoms with van der Waals surface area (Å²) in [4.78, 5) is 0. The Morgan fingerprint density at radius 2 is 2.04 bits per heavy atom. The Labute approximate surface area is 143 Å². The molecule has 1 aromatic carbocycles. The molecule has 4 atom stereocenters. The molecule has 0 unspecified atom stereocenters. The van der Waals surface area contributed by atoms with E-state index in [1.165, 1.54) is 0 Å². The summed E-state index contributed by atoms with van der Waals surface area (Å²) in [7, 11) is 0. The molecule has 1 fully saturated rings. The summed E-state index contributed by atoms with van der Waals surface area (Å²) >= 11 is 0. The zero-order valence-corrected chi connectivity index (χ0v) is 14.1. The monoisotopic (exact) mass is 331 g/mol. The third-order valence-corrected chi connectivity index (χ3v) is 4.07. The van der Waals surface area contributed by atoms with Gasteiger partial charge in [0.25, 0.3) is 0 Å². The van der Waals surface area contributed by atoms with Crippen LogP contribution in [0.5, 0.6) is 0 Å². The zero-order valence-electron chi connectivity index (χ0n) is 14.1. The van der Waals surface area contributed by atoms with E-state index >= 15 is 0 Å². The summed E-state index contributed by atoms with van der Waals surface area (Å²) in [6.45, 7) is 7.10. The van der Waals surface area contributed by atoms with E-state index < -0.39 is 30.1 Å². The molecule has 0 aromatic heterocycles. The largest absolute Gasteiger partial charge is 0.394 e. The van der Waals surface area contributed by atoms with E-state index in [1.54, 1.807) is 19.9 Å². The Balaban J connectivity index is 2.29. The van der Waals surface area contributed by atoms with Crippen molar-refractivity contribution in [2.24, 2.45) is 0 Å². The number of aliphatic hydroxyl groups is 1. The molecule has 1 saturated heterocycles. The Kier molecular flexibility index (Phi) is 6.16. The van der Waals surface area contributed by atoms with Gasteiger partial charge in [-0.25, -0.2) is 0 Å². The van der Waals surface area contributed by atoms with E-state index in [-0.39, 0.29) is 6.61 Å². The molecule has 5 heteroatoms. The van der Waals surface area contributed by atoms with Crippen molar-refractivity contribution in [2.75, 3.05) is 6.61 Å². The molecule has 1 aliphatic rings. The molecule has 0 aliphatic carbocycles. The van der Waals surface area contributed by atoms with Crippen LogP contribution in [0.3, 0.4) is 0 Å². The molecule has 0 saturated carbocycles. The number of aliphatic hydroxyl groups excluding tert-OH is 1.